The highest BCUT2D eigenvalue weighted by atomic mass is 16.5. The first-order chi connectivity index (χ1) is 14.0. The minimum atomic E-state index is -0.106. The van der Waals surface area contributed by atoms with E-state index in [2.05, 4.69) is 19.2 Å². The van der Waals surface area contributed by atoms with Crippen LogP contribution in [0.5, 0.6) is 11.5 Å². The Morgan fingerprint density at radius 1 is 1.17 bits per heavy atom. The zero-order valence-corrected chi connectivity index (χ0v) is 17.6. The summed E-state index contributed by atoms with van der Waals surface area (Å²) in [6, 6.07) is 5.26. The van der Waals surface area contributed by atoms with Crippen LogP contribution in [0.15, 0.2) is 18.2 Å². The SMILES string of the molecule is COc1cc(C(=O)N[C@@H]2CCC[C@@H](C)[C@@H]2C)ccc1OCC(=O)N1CCOCC1. The van der Waals surface area contributed by atoms with E-state index in [0.29, 0.717) is 55.2 Å². The van der Waals surface area contributed by atoms with Crippen LogP contribution in [-0.2, 0) is 9.53 Å². The first kappa shape index (κ1) is 21.4. The fraction of sp³-hybridized carbons (Fsp3) is 0.636. The molecule has 0 spiro atoms. The lowest BCUT2D eigenvalue weighted by Gasteiger charge is -2.34. The number of carbonyl (C=O) groups excluding carboxylic acids is 2. The zero-order chi connectivity index (χ0) is 20.8. The van der Waals surface area contributed by atoms with Crippen LogP contribution in [-0.4, -0.2) is 62.8 Å². The molecule has 1 saturated heterocycles. The van der Waals surface area contributed by atoms with Gasteiger partial charge in [-0.2, -0.15) is 0 Å². The van der Waals surface area contributed by atoms with Gasteiger partial charge >= 0.3 is 0 Å². The molecule has 1 aliphatic heterocycles. The number of morpholine rings is 1. The minimum absolute atomic E-state index is 0.0701. The summed E-state index contributed by atoms with van der Waals surface area (Å²) < 4.78 is 16.3. The fourth-order valence-corrected chi connectivity index (χ4v) is 4.01. The monoisotopic (exact) mass is 404 g/mol. The van der Waals surface area contributed by atoms with E-state index in [1.807, 2.05) is 0 Å². The molecule has 1 aliphatic carbocycles. The van der Waals surface area contributed by atoms with Crippen LogP contribution in [0.2, 0.25) is 0 Å². The van der Waals surface area contributed by atoms with Crippen LogP contribution >= 0.6 is 0 Å². The maximum absolute atomic E-state index is 12.7. The third-order valence-electron chi connectivity index (χ3n) is 6.16. The second-order valence-electron chi connectivity index (χ2n) is 7.99. The molecule has 1 heterocycles. The Labute approximate surface area is 172 Å². The van der Waals surface area contributed by atoms with E-state index in [9.17, 15) is 9.59 Å². The number of ether oxygens (including phenoxy) is 3. The Bertz CT molecular complexity index is 717. The third kappa shape index (κ3) is 5.41. The molecular formula is C22H32N2O5. The molecule has 3 rings (SSSR count). The summed E-state index contributed by atoms with van der Waals surface area (Å²) in [6.45, 7) is 6.65. The van der Waals surface area contributed by atoms with Crippen molar-refractivity contribution in [2.45, 2.75) is 39.2 Å². The molecule has 7 heteroatoms. The molecule has 0 radical (unpaired) electrons. The van der Waals surface area contributed by atoms with Gasteiger partial charge in [0.25, 0.3) is 11.8 Å². The normalized spacial score (nSPS) is 24.7. The number of nitrogens with one attached hydrogen (secondary N) is 1. The third-order valence-corrected chi connectivity index (χ3v) is 6.16. The second kappa shape index (κ2) is 9.96. The van der Waals surface area contributed by atoms with Crippen molar-refractivity contribution in [3.8, 4) is 11.5 Å². The van der Waals surface area contributed by atoms with Crippen molar-refractivity contribution < 1.29 is 23.8 Å². The maximum Gasteiger partial charge on any atom is 0.260 e. The molecule has 0 bridgehead atoms. The molecule has 1 N–H and O–H groups in total. The van der Waals surface area contributed by atoms with Crippen molar-refractivity contribution in [2.75, 3.05) is 40.0 Å². The molecule has 1 saturated carbocycles. The predicted octanol–water partition coefficient (Wildman–Crippen LogP) is 2.49. The molecule has 3 atom stereocenters. The Hall–Kier alpha value is -2.28. The van der Waals surface area contributed by atoms with E-state index in [1.54, 1.807) is 23.1 Å². The van der Waals surface area contributed by atoms with Crippen molar-refractivity contribution >= 4 is 11.8 Å². The summed E-state index contributed by atoms with van der Waals surface area (Å²) >= 11 is 0. The van der Waals surface area contributed by atoms with Gasteiger partial charge in [-0.15, -0.1) is 0 Å². The molecule has 0 unspecified atom stereocenters. The van der Waals surface area contributed by atoms with Gasteiger partial charge in [0.1, 0.15) is 0 Å². The van der Waals surface area contributed by atoms with Gasteiger partial charge in [-0.1, -0.05) is 26.7 Å². The summed E-state index contributed by atoms with van der Waals surface area (Å²) in [5, 5.41) is 3.17. The molecule has 160 valence electrons. The summed E-state index contributed by atoms with van der Waals surface area (Å²) in [7, 11) is 1.53. The van der Waals surface area contributed by atoms with E-state index >= 15 is 0 Å². The standard InChI is InChI=1S/C22H32N2O5/c1-15-5-4-6-18(16(15)2)23-22(26)17-7-8-19(20(13-17)27-3)29-14-21(25)24-9-11-28-12-10-24/h7-8,13,15-16,18H,4-6,9-12,14H2,1-3H3,(H,23,26)/t15-,16+,18-/m1/s1. The van der Waals surface area contributed by atoms with Crippen LogP contribution in [0, 0.1) is 11.8 Å². The average molecular weight is 405 g/mol. The van der Waals surface area contributed by atoms with Crippen molar-refractivity contribution in [1.29, 1.82) is 0 Å². The molecule has 0 aromatic heterocycles. The number of amides is 2. The molecule has 1 aromatic rings. The number of nitrogens with zero attached hydrogens (tertiary/aromatic N) is 1. The highest BCUT2D eigenvalue weighted by Crippen LogP contribution is 2.31. The van der Waals surface area contributed by atoms with Gasteiger partial charge in [-0.3, -0.25) is 9.59 Å². The van der Waals surface area contributed by atoms with Crippen LogP contribution in [0.4, 0.5) is 0 Å². The molecule has 2 fully saturated rings. The lowest BCUT2D eigenvalue weighted by molar-refractivity contribution is -0.137. The molecule has 1 aromatic carbocycles. The van der Waals surface area contributed by atoms with Crippen LogP contribution in [0.25, 0.3) is 0 Å². The predicted molar refractivity (Wildman–Crippen MR) is 109 cm³/mol. The summed E-state index contributed by atoms with van der Waals surface area (Å²) in [4.78, 5) is 26.7. The molecule has 2 amide bonds. The van der Waals surface area contributed by atoms with E-state index in [4.69, 9.17) is 14.2 Å². The highest BCUT2D eigenvalue weighted by molar-refractivity contribution is 5.95. The first-order valence-corrected chi connectivity index (χ1v) is 10.5. The van der Waals surface area contributed by atoms with E-state index in [1.165, 1.54) is 13.5 Å². The van der Waals surface area contributed by atoms with Crippen molar-refractivity contribution in [2.24, 2.45) is 11.8 Å². The van der Waals surface area contributed by atoms with E-state index < -0.39 is 0 Å². The zero-order valence-electron chi connectivity index (χ0n) is 17.6. The van der Waals surface area contributed by atoms with E-state index in [-0.39, 0.29) is 24.5 Å². The van der Waals surface area contributed by atoms with Crippen molar-refractivity contribution in [3.63, 3.8) is 0 Å². The summed E-state index contributed by atoms with van der Waals surface area (Å²) in [5.41, 5.74) is 0.527. The van der Waals surface area contributed by atoms with Crippen LogP contribution < -0.4 is 14.8 Å². The molecule has 7 nitrogen and oxygen atoms in total. The smallest absolute Gasteiger partial charge is 0.260 e. The Balaban J connectivity index is 1.60. The van der Waals surface area contributed by atoms with Crippen LogP contribution in [0.1, 0.15) is 43.5 Å². The van der Waals surface area contributed by atoms with Gasteiger partial charge in [0.05, 0.1) is 20.3 Å². The number of benzene rings is 1. The lowest BCUT2D eigenvalue weighted by atomic mass is 9.78. The lowest BCUT2D eigenvalue weighted by Crippen LogP contribution is -2.43. The second-order valence-corrected chi connectivity index (χ2v) is 7.99. The first-order valence-electron chi connectivity index (χ1n) is 10.5. The topological polar surface area (TPSA) is 77.1 Å². The van der Waals surface area contributed by atoms with Crippen molar-refractivity contribution in [1.82, 2.24) is 10.2 Å². The largest absolute Gasteiger partial charge is 0.493 e. The molecular weight excluding hydrogens is 372 g/mol. The van der Waals surface area contributed by atoms with Gasteiger partial charge in [-0.25, -0.2) is 0 Å². The summed E-state index contributed by atoms with van der Waals surface area (Å²) in [6.07, 6.45) is 3.37. The van der Waals surface area contributed by atoms with Crippen molar-refractivity contribution in [3.05, 3.63) is 23.8 Å². The van der Waals surface area contributed by atoms with Crippen LogP contribution in [0.3, 0.4) is 0 Å². The van der Waals surface area contributed by atoms with Gasteiger partial charge in [0, 0.05) is 24.7 Å². The molecule has 29 heavy (non-hydrogen) atoms. The van der Waals surface area contributed by atoms with E-state index in [0.717, 1.165) is 12.8 Å². The van der Waals surface area contributed by atoms with Gasteiger partial charge < -0.3 is 24.4 Å². The van der Waals surface area contributed by atoms with Gasteiger partial charge in [0.2, 0.25) is 0 Å². The quantitative estimate of drug-likeness (QED) is 0.788. The summed E-state index contributed by atoms with van der Waals surface area (Å²) in [5.74, 6) is 1.78. The highest BCUT2D eigenvalue weighted by Gasteiger charge is 2.28. The average Bonchev–Trinajstić information content (AvgIpc) is 2.75. The Kier molecular flexibility index (Phi) is 7.36. The number of carbonyl (C=O) groups is 2. The Morgan fingerprint density at radius 2 is 1.93 bits per heavy atom. The number of hydrogen-bond acceptors (Lipinski definition) is 5. The fourth-order valence-electron chi connectivity index (χ4n) is 4.01. The molecule has 2 aliphatic rings. The maximum atomic E-state index is 12.7. The number of rotatable bonds is 6. The number of hydrogen-bond donors (Lipinski definition) is 1. The van der Waals surface area contributed by atoms with Gasteiger partial charge in [-0.05, 0) is 36.5 Å². The van der Waals surface area contributed by atoms with Gasteiger partial charge in [0.15, 0.2) is 18.1 Å². The minimum Gasteiger partial charge on any atom is -0.493 e. The Morgan fingerprint density at radius 3 is 2.66 bits per heavy atom. The number of methoxy groups -OCH3 is 1.